The first-order valence-electron chi connectivity index (χ1n) is 6.28. The molecule has 1 atom stereocenters. The Labute approximate surface area is 108 Å². The second-order valence-electron chi connectivity index (χ2n) is 4.84. The molecule has 18 heavy (non-hydrogen) atoms. The summed E-state index contributed by atoms with van der Waals surface area (Å²) in [5.41, 5.74) is 1.41. The van der Waals surface area contributed by atoms with E-state index in [2.05, 4.69) is 16.3 Å². The SMILES string of the molecule is CNC1(CO)CCCN(c2ccccc2C#N)C1. The van der Waals surface area contributed by atoms with Gasteiger partial charge in [-0.3, -0.25) is 0 Å². The molecule has 1 aromatic rings. The number of para-hydroxylation sites is 1. The smallest absolute Gasteiger partial charge is 0.101 e. The van der Waals surface area contributed by atoms with Crippen molar-refractivity contribution in [1.82, 2.24) is 5.32 Å². The fourth-order valence-corrected chi connectivity index (χ4v) is 2.59. The number of aliphatic hydroxyl groups is 1. The third kappa shape index (κ3) is 2.33. The molecule has 1 unspecified atom stereocenters. The Hall–Kier alpha value is -1.57. The van der Waals surface area contributed by atoms with E-state index >= 15 is 0 Å². The van der Waals surface area contributed by atoms with Crippen LogP contribution in [0.2, 0.25) is 0 Å². The average molecular weight is 245 g/mol. The van der Waals surface area contributed by atoms with Crippen LogP contribution in [0.4, 0.5) is 5.69 Å². The molecule has 1 aromatic carbocycles. The number of benzene rings is 1. The average Bonchev–Trinajstić information content (AvgIpc) is 2.47. The maximum atomic E-state index is 9.58. The number of anilines is 1. The molecule has 1 heterocycles. The van der Waals surface area contributed by atoms with Gasteiger partial charge in [-0.1, -0.05) is 12.1 Å². The number of likely N-dealkylation sites (N-methyl/N-ethyl adjacent to an activating group) is 1. The number of piperidine rings is 1. The number of nitriles is 1. The van der Waals surface area contributed by atoms with Crippen LogP contribution in [0.15, 0.2) is 24.3 Å². The topological polar surface area (TPSA) is 59.3 Å². The summed E-state index contributed by atoms with van der Waals surface area (Å²) in [6, 6.07) is 9.87. The highest BCUT2D eigenvalue weighted by Gasteiger charge is 2.34. The Morgan fingerprint density at radius 3 is 2.94 bits per heavy atom. The molecule has 0 amide bonds. The van der Waals surface area contributed by atoms with Crippen molar-refractivity contribution in [2.45, 2.75) is 18.4 Å². The number of aliphatic hydroxyl groups excluding tert-OH is 1. The molecular weight excluding hydrogens is 226 g/mol. The summed E-state index contributed by atoms with van der Waals surface area (Å²) >= 11 is 0. The Bertz CT molecular complexity index is 449. The van der Waals surface area contributed by atoms with E-state index in [9.17, 15) is 5.11 Å². The largest absolute Gasteiger partial charge is 0.394 e. The molecule has 4 nitrogen and oxygen atoms in total. The van der Waals surface area contributed by atoms with E-state index in [-0.39, 0.29) is 12.1 Å². The van der Waals surface area contributed by atoms with E-state index in [0.29, 0.717) is 5.56 Å². The van der Waals surface area contributed by atoms with Gasteiger partial charge in [0.05, 0.1) is 23.4 Å². The molecular formula is C14H19N3O. The van der Waals surface area contributed by atoms with Gasteiger partial charge in [-0.05, 0) is 32.0 Å². The van der Waals surface area contributed by atoms with Crippen LogP contribution >= 0.6 is 0 Å². The lowest BCUT2D eigenvalue weighted by Gasteiger charge is -2.43. The van der Waals surface area contributed by atoms with E-state index in [4.69, 9.17) is 5.26 Å². The molecule has 1 aliphatic heterocycles. The summed E-state index contributed by atoms with van der Waals surface area (Å²) in [6.45, 7) is 1.79. The van der Waals surface area contributed by atoms with Gasteiger partial charge in [0, 0.05) is 13.1 Å². The zero-order chi connectivity index (χ0) is 13.0. The highest BCUT2D eigenvalue weighted by atomic mass is 16.3. The molecule has 0 spiro atoms. The van der Waals surface area contributed by atoms with E-state index in [1.54, 1.807) is 0 Å². The van der Waals surface area contributed by atoms with Crippen LogP contribution < -0.4 is 10.2 Å². The Morgan fingerprint density at radius 2 is 2.28 bits per heavy atom. The fraction of sp³-hybridized carbons (Fsp3) is 0.500. The lowest BCUT2D eigenvalue weighted by atomic mass is 9.89. The van der Waals surface area contributed by atoms with Crippen molar-refractivity contribution in [2.24, 2.45) is 0 Å². The Kier molecular flexibility index (Phi) is 3.85. The first-order chi connectivity index (χ1) is 8.74. The number of nitrogens with zero attached hydrogens (tertiary/aromatic N) is 2. The van der Waals surface area contributed by atoms with Crippen LogP contribution in [-0.2, 0) is 0 Å². The van der Waals surface area contributed by atoms with Crippen LogP contribution in [0.5, 0.6) is 0 Å². The van der Waals surface area contributed by atoms with Crippen molar-refractivity contribution < 1.29 is 5.11 Å². The molecule has 1 fully saturated rings. The summed E-state index contributed by atoms with van der Waals surface area (Å²) in [4.78, 5) is 2.19. The standard InChI is InChI=1S/C14H19N3O/c1-16-14(11-18)7-4-8-17(10-14)13-6-3-2-5-12(13)9-15/h2-3,5-6,16,18H,4,7-8,10-11H2,1H3. The van der Waals surface area contributed by atoms with Crippen molar-refractivity contribution >= 4 is 5.69 Å². The van der Waals surface area contributed by atoms with Gasteiger partial charge in [0.15, 0.2) is 0 Å². The van der Waals surface area contributed by atoms with Crippen LogP contribution in [0.25, 0.3) is 0 Å². The van der Waals surface area contributed by atoms with Crippen LogP contribution in [0.3, 0.4) is 0 Å². The van der Waals surface area contributed by atoms with Gasteiger partial charge in [-0.15, -0.1) is 0 Å². The molecule has 96 valence electrons. The molecule has 0 bridgehead atoms. The van der Waals surface area contributed by atoms with Gasteiger partial charge in [0.2, 0.25) is 0 Å². The lowest BCUT2D eigenvalue weighted by Crippen LogP contribution is -2.58. The lowest BCUT2D eigenvalue weighted by molar-refractivity contribution is 0.149. The van der Waals surface area contributed by atoms with Gasteiger partial charge in [0.25, 0.3) is 0 Å². The number of hydrogen-bond acceptors (Lipinski definition) is 4. The Balaban J connectivity index is 2.26. The molecule has 1 aliphatic rings. The number of nitrogens with one attached hydrogen (secondary N) is 1. The fourth-order valence-electron chi connectivity index (χ4n) is 2.59. The molecule has 2 N–H and O–H groups in total. The van der Waals surface area contributed by atoms with E-state index in [0.717, 1.165) is 31.6 Å². The highest BCUT2D eigenvalue weighted by Crippen LogP contribution is 2.27. The predicted octanol–water partition coefficient (Wildman–Crippen LogP) is 1.11. The molecule has 0 aromatic heterocycles. The van der Waals surface area contributed by atoms with Crippen molar-refractivity contribution in [3.63, 3.8) is 0 Å². The van der Waals surface area contributed by atoms with E-state index < -0.39 is 0 Å². The van der Waals surface area contributed by atoms with Gasteiger partial charge < -0.3 is 15.3 Å². The summed E-state index contributed by atoms with van der Waals surface area (Å²) in [7, 11) is 1.88. The third-order valence-electron chi connectivity index (χ3n) is 3.78. The molecule has 0 radical (unpaired) electrons. The zero-order valence-electron chi connectivity index (χ0n) is 10.7. The second kappa shape index (κ2) is 5.38. The quantitative estimate of drug-likeness (QED) is 0.837. The van der Waals surface area contributed by atoms with Crippen molar-refractivity contribution in [1.29, 1.82) is 5.26 Å². The first-order valence-corrected chi connectivity index (χ1v) is 6.28. The summed E-state index contributed by atoms with van der Waals surface area (Å²) in [5.74, 6) is 0. The normalized spacial score (nSPS) is 23.7. The predicted molar refractivity (Wildman–Crippen MR) is 71.5 cm³/mol. The van der Waals surface area contributed by atoms with Gasteiger partial charge in [0.1, 0.15) is 6.07 Å². The van der Waals surface area contributed by atoms with Gasteiger partial charge in [-0.25, -0.2) is 0 Å². The second-order valence-corrected chi connectivity index (χ2v) is 4.84. The minimum atomic E-state index is -0.249. The minimum Gasteiger partial charge on any atom is -0.394 e. The van der Waals surface area contributed by atoms with Crippen molar-refractivity contribution in [3.8, 4) is 6.07 Å². The number of rotatable bonds is 3. The monoisotopic (exact) mass is 245 g/mol. The third-order valence-corrected chi connectivity index (χ3v) is 3.78. The van der Waals surface area contributed by atoms with Crippen molar-refractivity contribution in [3.05, 3.63) is 29.8 Å². The maximum absolute atomic E-state index is 9.58. The first kappa shape index (κ1) is 12.9. The van der Waals surface area contributed by atoms with Crippen molar-refractivity contribution in [2.75, 3.05) is 31.6 Å². The van der Waals surface area contributed by atoms with E-state index in [1.807, 2.05) is 31.3 Å². The molecule has 0 saturated carbocycles. The summed E-state index contributed by atoms with van der Waals surface area (Å²) < 4.78 is 0. The number of hydrogen-bond donors (Lipinski definition) is 2. The molecule has 2 rings (SSSR count). The zero-order valence-corrected chi connectivity index (χ0v) is 10.7. The minimum absolute atomic E-state index is 0.120. The van der Waals surface area contributed by atoms with Gasteiger partial charge >= 0.3 is 0 Å². The van der Waals surface area contributed by atoms with Gasteiger partial charge in [-0.2, -0.15) is 5.26 Å². The van der Waals surface area contributed by atoms with E-state index in [1.165, 1.54) is 0 Å². The van der Waals surface area contributed by atoms with Crippen LogP contribution in [0, 0.1) is 11.3 Å². The maximum Gasteiger partial charge on any atom is 0.101 e. The Morgan fingerprint density at radius 1 is 1.50 bits per heavy atom. The molecule has 4 heteroatoms. The summed E-state index contributed by atoms with van der Waals surface area (Å²) in [6.07, 6.45) is 1.98. The highest BCUT2D eigenvalue weighted by molar-refractivity contribution is 5.59. The van der Waals surface area contributed by atoms with Crippen LogP contribution in [0.1, 0.15) is 18.4 Å². The van der Waals surface area contributed by atoms with Crippen LogP contribution in [-0.4, -0.2) is 37.4 Å². The molecule has 0 aliphatic carbocycles. The summed E-state index contributed by atoms with van der Waals surface area (Å²) in [5, 5.41) is 22.0. The molecule has 1 saturated heterocycles.